The standard InChI is InChI=1S/CH3Cl.Cl3OP/c1-2;1-5(2,3)4/h1H3;. The molecule has 0 rings (SSSR count). The molecule has 6 heteroatoms. The molecule has 0 spiro atoms. The van der Waals surface area contributed by atoms with Crippen molar-refractivity contribution in [3.8, 4) is 0 Å². The molecule has 0 saturated carbocycles. The van der Waals surface area contributed by atoms with Crippen molar-refractivity contribution in [1.82, 2.24) is 0 Å². The molecule has 7 heavy (non-hydrogen) atoms. The van der Waals surface area contributed by atoms with Crippen LogP contribution in [-0.4, -0.2) is 6.38 Å². The van der Waals surface area contributed by atoms with Crippen LogP contribution in [0.5, 0.6) is 0 Å². The Morgan fingerprint density at radius 2 is 1.14 bits per heavy atom. The Morgan fingerprint density at radius 3 is 1.14 bits per heavy atom. The zero-order chi connectivity index (χ0) is 6.50. The van der Waals surface area contributed by atoms with Gasteiger partial charge in [0.05, 0.1) is 0 Å². The lowest BCUT2D eigenvalue weighted by molar-refractivity contribution is 0.600. The normalized spacial score (nSPS) is 9.29. The van der Waals surface area contributed by atoms with E-state index in [2.05, 4.69) is 45.3 Å². The van der Waals surface area contributed by atoms with Gasteiger partial charge in [0.1, 0.15) is 0 Å². The van der Waals surface area contributed by atoms with Crippen LogP contribution >= 0.6 is 50.5 Å². The fraction of sp³-hybridized carbons (Fsp3) is 1.00. The minimum Gasteiger partial charge on any atom is -0.271 e. The highest BCUT2D eigenvalue weighted by atomic mass is 36.0. The van der Waals surface area contributed by atoms with Gasteiger partial charge in [-0.1, -0.05) is 0 Å². The molecule has 0 bridgehead atoms. The zero-order valence-electron chi connectivity index (χ0n) is 3.37. The van der Waals surface area contributed by atoms with Gasteiger partial charge < -0.3 is 0 Å². The number of halogens is 4. The second-order valence-electron chi connectivity index (χ2n) is 0.399. The van der Waals surface area contributed by atoms with Gasteiger partial charge in [0.15, 0.2) is 0 Å². The van der Waals surface area contributed by atoms with Crippen LogP contribution in [-0.2, 0) is 4.57 Å². The first-order chi connectivity index (χ1) is 3.00. The molecular formula is CH3Cl4OP. The van der Waals surface area contributed by atoms with Crippen molar-refractivity contribution in [3.63, 3.8) is 0 Å². The third-order valence-electron chi connectivity index (χ3n) is 0. The maximum Gasteiger partial charge on any atom is 0.339 e. The molecule has 0 radical (unpaired) electrons. The van der Waals surface area contributed by atoms with Crippen molar-refractivity contribution in [3.05, 3.63) is 0 Å². The van der Waals surface area contributed by atoms with Gasteiger partial charge in [-0.15, -0.1) is 11.6 Å². The average Bonchev–Trinajstić information content (AvgIpc) is 1.36. The first-order valence-corrected chi connectivity index (χ1v) is 6.25. The molecule has 0 aliphatic rings. The van der Waals surface area contributed by atoms with Crippen LogP contribution in [0.3, 0.4) is 0 Å². The Balaban J connectivity index is 0. The highest BCUT2D eigenvalue weighted by Crippen LogP contribution is 2.61. The quantitative estimate of drug-likeness (QED) is 0.434. The van der Waals surface area contributed by atoms with Gasteiger partial charge in [0, 0.05) is 6.38 Å². The number of hydrogen-bond donors (Lipinski definition) is 0. The average molecular weight is 204 g/mol. The van der Waals surface area contributed by atoms with Gasteiger partial charge in [-0.25, -0.2) is 0 Å². The van der Waals surface area contributed by atoms with Crippen LogP contribution in [0.4, 0.5) is 0 Å². The van der Waals surface area contributed by atoms with Crippen LogP contribution in [0.1, 0.15) is 0 Å². The predicted molar refractivity (Wildman–Crippen MR) is 36.9 cm³/mol. The van der Waals surface area contributed by atoms with Gasteiger partial charge in [0.2, 0.25) is 0 Å². The summed E-state index contributed by atoms with van der Waals surface area (Å²) in [6.07, 6.45) is 1.47. The van der Waals surface area contributed by atoms with Crippen LogP contribution in [0.25, 0.3) is 0 Å². The lowest BCUT2D eigenvalue weighted by atomic mass is 12.0. The molecule has 0 aromatic heterocycles. The Labute approximate surface area is 61.6 Å². The summed E-state index contributed by atoms with van der Waals surface area (Å²) in [5.41, 5.74) is 0. The molecule has 0 aromatic carbocycles. The topological polar surface area (TPSA) is 17.1 Å². The van der Waals surface area contributed by atoms with Crippen LogP contribution in [0, 0.1) is 0 Å². The predicted octanol–water partition coefficient (Wildman–Crippen LogP) is 3.67. The van der Waals surface area contributed by atoms with Crippen molar-refractivity contribution in [2.24, 2.45) is 0 Å². The summed E-state index contributed by atoms with van der Waals surface area (Å²) in [5.74, 6) is 0. The van der Waals surface area contributed by atoms with Gasteiger partial charge >= 0.3 is 5.20 Å². The minimum atomic E-state index is -3.22. The van der Waals surface area contributed by atoms with Crippen LogP contribution < -0.4 is 0 Å². The van der Waals surface area contributed by atoms with E-state index in [1.54, 1.807) is 0 Å². The summed E-state index contributed by atoms with van der Waals surface area (Å²) in [7, 11) is 0. The Kier molecular flexibility index (Phi) is 8.86. The van der Waals surface area contributed by atoms with Crippen LogP contribution in [0.15, 0.2) is 0 Å². The molecule has 0 aliphatic heterocycles. The molecule has 0 atom stereocenters. The van der Waals surface area contributed by atoms with E-state index in [0.717, 1.165) is 0 Å². The lowest BCUT2D eigenvalue weighted by Gasteiger charge is -1.74. The monoisotopic (exact) mass is 202 g/mol. The van der Waals surface area contributed by atoms with Crippen molar-refractivity contribution >= 4 is 50.5 Å². The SMILES string of the molecule is CCl.O=P(Cl)(Cl)Cl. The number of hydrogen-bond acceptors (Lipinski definition) is 1. The van der Waals surface area contributed by atoms with Gasteiger partial charge in [-0.3, -0.25) is 4.57 Å². The fourth-order valence-electron chi connectivity index (χ4n) is 0. The van der Waals surface area contributed by atoms with Gasteiger partial charge in [-0.2, -0.15) is 0 Å². The van der Waals surface area contributed by atoms with E-state index in [1.165, 1.54) is 6.38 Å². The Bertz CT molecular complexity index is 57.8. The first kappa shape index (κ1) is 11.2. The van der Waals surface area contributed by atoms with Crippen molar-refractivity contribution in [2.75, 3.05) is 6.38 Å². The van der Waals surface area contributed by atoms with E-state index in [1.807, 2.05) is 0 Å². The molecule has 0 amide bonds. The molecular weight excluding hydrogens is 201 g/mol. The Morgan fingerprint density at radius 1 is 1.14 bits per heavy atom. The molecule has 0 aliphatic carbocycles. The van der Waals surface area contributed by atoms with Crippen LogP contribution in [0.2, 0.25) is 0 Å². The molecule has 46 valence electrons. The second-order valence-corrected chi connectivity index (χ2v) is 7.04. The van der Waals surface area contributed by atoms with Gasteiger partial charge in [-0.05, 0) is 33.7 Å². The summed E-state index contributed by atoms with van der Waals surface area (Å²) in [5, 5.41) is -3.22. The third-order valence-corrected chi connectivity index (χ3v) is 0. The van der Waals surface area contributed by atoms with E-state index in [4.69, 9.17) is 0 Å². The summed E-state index contributed by atoms with van der Waals surface area (Å²) in [6, 6.07) is 0. The number of rotatable bonds is 0. The van der Waals surface area contributed by atoms with E-state index in [0.29, 0.717) is 0 Å². The minimum absolute atomic E-state index is 1.47. The van der Waals surface area contributed by atoms with Gasteiger partial charge in [0.25, 0.3) is 0 Å². The van der Waals surface area contributed by atoms with E-state index in [-0.39, 0.29) is 0 Å². The van der Waals surface area contributed by atoms with E-state index in [9.17, 15) is 4.57 Å². The first-order valence-electron chi connectivity index (χ1n) is 1.07. The van der Waals surface area contributed by atoms with E-state index < -0.39 is 5.20 Å². The summed E-state index contributed by atoms with van der Waals surface area (Å²) in [4.78, 5) is 0. The highest BCUT2D eigenvalue weighted by molar-refractivity contribution is 8.24. The lowest BCUT2D eigenvalue weighted by Crippen LogP contribution is -1.19. The maximum atomic E-state index is 9.51. The van der Waals surface area contributed by atoms with E-state index >= 15 is 0 Å². The highest BCUT2D eigenvalue weighted by Gasteiger charge is 2.02. The zero-order valence-corrected chi connectivity index (χ0v) is 7.29. The van der Waals surface area contributed by atoms with Crippen molar-refractivity contribution < 1.29 is 4.57 Å². The largest absolute Gasteiger partial charge is 0.339 e. The number of alkyl halides is 1. The summed E-state index contributed by atoms with van der Waals surface area (Å²) < 4.78 is 9.51. The summed E-state index contributed by atoms with van der Waals surface area (Å²) >= 11 is 18.5. The molecule has 0 aromatic rings. The smallest absolute Gasteiger partial charge is 0.271 e. The maximum absolute atomic E-state index is 9.51. The molecule has 0 unspecified atom stereocenters. The molecule has 0 fully saturated rings. The second kappa shape index (κ2) is 5.53. The summed E-state index contributed by atoms with van der Waals surface area (Å²) in [6.45, 7) is 0. The van der Waals surface area contributed by atoms with Crippen molar-refractivity contribution in [1.29, 1.82) is 0 Å². The molecule has 0 saturated heterocycles. The molecule has 1 nitrogen and oxygen atoms in total. The molecule has 0 N–H and O–H groups in total. The Hall–Kier alpha value is 1.39. The third kappa shape index (κ3) is 111. The fourth-order valence-corrected chi connectivity index (χ4v) is 0. The molecule has 0 heterocycles. The van der Waals surface area contributed by atoms with Crippen molar-refractivity contribution in [2.45, 2.75) is 0 Å².